The Bertz CT molecular complexity index is 594. The Hall–Kier alpha value is -2.97. The lowest BCUT2D eigenvalue weighted by atomic mass is 10.1. The van der Waals surface area contributed by atoms with Crippen molar-refractivity contribution in [3.05, 3.63) is 17.7 Å². The smallest absolute Gasteiger partial charge is 0.340 e. The number of methoxy groups -OCH3 is 3. The lowest BCUT2D eigenvalue weighted by Crippen LogP contribution is -2.26. The fourth-order valence-electron chi connectivity index (χ4n) is 1.51. The van der Waals surface area contributed by atoms with Gasteiger partial charge in [-0.05, 0) is 0 Å². The van der Waals surface area contributed by atoms with Gasteiger partial charge in [-0.25, -0.2) is 9.79 Å². The van der Waals surface area contributed by atoms with Crippen molar-refractivity contribution in [1.29, 1.82) is 0 Å². The highest BCUT2D eigenvalue weighted by atomic mass is 16.5. The lowest BCUT2D eigenvalue weighted by molar-refractivity contribution is 0.0601. The molecular weight excluding hydrogens is 278 g/mol. The number of hydrogen-bond donors (Lipinski definition) is 3. The average Bonchev–Trinajstić information content (AvgIpc) is 2.44. The number of nitrogens with zero attached hydrogens (tertiary/aromatic N) is 2. The minimum absolute atomic E-state index is 0.129. The first-order chi connectivity index (χ1) is 9.92. The summed E-state index contributed by atoms with van der Waals surface area (Å²) in [6.45, 7) is 0. The number of rotatable bonds is 4. The summed E-state index contributed by atoms with van der Waals surface area (Å²) in [4.78, 5) is 19.3. The SMILES string of the molecule is COC(=O)c1cc(OC)c(OC)cc1N=C(N)N=C(N)N. The number of ether oxygens (including phenoxy) is 3. The van der Waals surface area contributed by atoms with E-state index >= 15 is 0 Å². The van der Waals surface area contributed by atoms with E-state index in [9.17, 15) is 4.79 Å². The second kappa shape index (κ2) is 6.98. The molecule has 0 spiro atoms. The van der Waals surface area contributed by atoms with Gasteiger partial charge in [0.2, 0.25) is 5.96 Å². The van der Waals surface area contributed by atoms with Gasteiger partial charge in [-0.1, -0.05) is 0 Å². The predicted molar refractivity (Wildman–Crippen MR) is 78.0 cm³/mol. The molecule has 0 heterocycles. The van der Waals surface area contributed by atoms with E-state index in [1.54, 1.807) is 0 Å². The van der Waals surface area contributed by atoms with Gasteiger partial charge in [0.15, 0.2) is 17.5 Å². The number of guanidine groups is 2. The van der Waals surface area contributed by atoms with E-state index in [4.69, 9.17) is 26.7 Å². The molecule has 0 fully saturated rings. The van der Waals surface area contributed by atoms with Gasteiger partial charge in [-0.2, -0.15) is 4.99 Å². The lowest BCUT2D eigenvalue weighted by Gasteiger charge is -2.11. The Kier molecular flexibility index (Phi) is 5.35. The Morgan fingerprint density at radius 1 is 1.05 bits per heavy atom. The van der Waals surface area contributed by atoms with Crippen LogP contribution in [0.5, 0.6) is 11.5 Å². The first kappa shape index (κ1) is 16.1. The third-order valence-corrected chi connectivity index (χ3v) is 2.39. The van der Waals surface area contributed by atoms with E-state index in [1.807, 2.05) is 0 Å². The zero-order valence-electron chi connectivity index (χ0n) is 11.9. The largest absolute Gasteiger partial charge is 0.493 e. The molecule has 0 aliphatic carbocycles. The summed E-state index contributed by atoms with van der Waals surface area (Å²) >= 11 is 0. The molecule has 1 aromatic rings. The van der Waals surface area contributed by atoms with Crippen LogP contribution < -0.4 is 26.7 Å². The van der Waals surface area contributed by atoms with E-state index in [-0.39, 0.29) is 23.2 Å². The monoisotopic (exact) mass is 295 g/mol. The van der Waals surface area contributed by atoms with Crippen molar-refractivity contribution in [2.24, 2.45) is 27.2 Å². The van der Waals surface area contributed by atoms with E-state index in [0.29, 0.717) is 11.5 Å². The Labute approximate surface area is 121 Å². The van der Waals surface area contributed by atoms with Crippen LogP contribution >= 0.6 is 0 Å². The van der Waals surface area contributed by atoms with Crippen molar-refractivity contribution >= 4 is 23.6 Å². The Morgan fingerprint density at radius 2 is 1.62 bits per heavy atom. The summed E-state index contributed by atoms with van der Waals surface area (Å²) in [5.74, 6) is -0.380. The molecule has 0 unspecified atom stereocenters. The number of esters is 1. The van der Waals surface area contributed by atoms with E-state index in [2.05, 4.69) is 14.7 Å². The molecule has 21 heavy (non-hydrogen) atoms. The van der Waals surface area contributed by atoms with Gasteiger partial charge in [-0.3, -0.25) is 0 Å². The van der Waals surface area contributed by atoms with E-state index in [0.717, 1.165) is 0 Å². The van der Waals surface area contributed by atoms with Crippen LogP contribution in [0.4, 0.5) is 5.69 Å². The molecule has 6 N–H and O–H groups in total. The van der Waals surface area contributed by atoms with Gasteiger partial charge in [-0.15, -0.1) is 0 Å². The number of carbonyl (C=O) groups excluding carboxylic acids is 1. The predicted octanol–water partition coefficient (Wildman–Crippen LogP) is -0.290. The molecule has 9 nitrogen and oxygen atoms in total. The van der Waals surface area contributed by atoms with Crippen molar-refractivity contribution in [1.82, 2.24) is 0 Å². The summed E-state index contributed by atoms with van der Waals surface area (Å²) in [6.07, 6.45) is 0. The standard InChI is InChI=1S/C12H17N5O4/c1-19-8-4-6(10(18)21-3)7(5-9(8)20-2)16-12(15)17-11(13)14/h4-5H,1-3H3,(H6,13,14,15,16,17). The van der Waals surface area contributed by atoms with Crippen molar-refractivity contribution in [3.8, 4) is 11.5 Å². The van der Waals surface area contributed by atoms with Crippen LogP contribution in [0.1, 0.15) is 10.4 Å². The molecule has 1 aromatic carbocycles. The van der Waals surface area contributed by atoms with Gasteiger partial charge < -0.3 is 31.4 Å². The summed E-state index contributed by atoms with van der Waals surface area (Å²) < 4.78 is 14.9. The quantitative estimate of drug-likeness (QED) is 0.392. The number of nitrogens with two attached hydrogens (primary N) is 3. The third kappa shape index (κ3) is 4.00. The van der Waals surface area contributed by atoms with Gasteiger partial charge in [0.05, 0.1) is 32.6 Å². The minimum atomic E-state index is -0.618. The van der Waals surface area contributed by atoms with Crippen molar-refractivity contribution in [2.45, 2.75) is 0 Å². The maximum absolute atomic E-state index is 11.8. The van der Waals surface area contributed by atoms with Crippen LogP contribution in [-0.4, -0.2) is 39.2 Å². The first-order valence-corrected chi connectivity index (χ1v) is 5.71. The molecule has 0 amide bonds. The van der Waals surface area contributed by atoms with E-state index < -0.39 is 5.97 Å². The molecule has 114 valence electrons. The van der Waals surface area contributed by atoms with Crippen molar-refractivity contribution in [2.75, 3.05) is 21.3 Å². The molecule has 0 atom stereocenters. The summed E-state index contributed by atoms with van der Waals surface area (Å²) in [7, 11) is 4.13. The molecule has 0 bridgehead atoms. The maximum Gasteiger partial charge on any atom is 0.340 e. The van der Waals surface area contributed by atoms with Gasteiger partial charge >= 0.3 is 5.97 Å². The van der Waals surface area contributed by atoms with E-state index in [1.165, 1.54) is 33.5 Å². The molecule has 0 aliphatic rings. The zero-order valence-corrected chi connectivity index (χ0v) is 11.9. The van der Waals surface area contributed by atoms with Crippen LogP contribution in [-0.2, 0) is 4.74 Å². The highest BCUT2D eigenvalue weighted by Gasteiger charge is 2.17. The Balaban J connectivity index is 3.47. The average molecular weight is 295 g/mol. The van der Waals surface area contributed by atoms with Crippen molar-refractivity contribution in [3.63, 3.8) is 0 Å². The highest BCUT2D eigenvalue weighted by molar-refractivity contribution is 5.99. The maximum atomic E-state index is 11.8. The molecule has 9 heteroatoms. The van der Waals surface area contributed by atoms with Crippen LogP contribution in [0.25, 0.3) is 0 Å². The van der Waals surface area contributed by atoms with Crippen molar-refractivity contribution < 1.29 is 19.0 Å². The normalized spacial score (nSPS) is 10.7. The number of hydrogen-bond acceptors (Lipinski definition) is 5. The molecule has 0 aromatic heterocycles. The third-order valence-electron chi connectivity index (χ3n) is 2.39. The summed E-state index contributed by atoms with van der Waals surface area (Å²) in [5, 5.41) is 0. The van der Waals surface area contributed by atoms with Gasteiger partial charge in [0.1, 0.15) is 0 Å². The molecule has 0 saturated heterocycles. The molecule has 1 rings (SSSR count). The zero-order chi connectivity index (χ0) is 16.0. The number of aliphatic imine (C=N–C) groups is 2. The second-order valence-electron chi connectivity index (χ2n) is 3.72. The molecular formula is C12H17N5O4. The van der Waals surface area contributed by atoms with Gasteiger partial charge in [0.25, 0.3) is 0 Å². The molecule has 0 aliphatic heterocycles. The topological polar surface area (TPSA) is 148 Å². The first-order valence-electron chi connectivity index (χ1n) is 5.71. The molecule has 0 radical (unpaired) electrons. The van der Waals surface area contributed by atoms with Crippen LogP contribution in [0.2, 0.25) is 0 Å². The van der Waals surface area contributed by atoms with Crippen LogP contribution in [0.15, 0.2) is 22.1 Å². The summed E-state index contributed by atoms with van der Waals surface area (Å²) in [6, 6.07) is 2.88. The van der Waals surface area contributed by atoms with Crippen LogP contribution in [0.3, 0.4) is 0 Å². The fraction of sp³-hybridized carbons (Fsp3) is 0.250. The number of benzene rings is 1. The number of carbonyl (C=O) groups is 1. The van der Waals surface area contributed by atoms with Crippen LogP contribution in [0, 0.1) is 0 Å². The Morgan fingerprint density at radius 3 is 2.10 bits per heavy atom. The van der Waals surface area contributed by atoms with Gasteiger partial charge in [0, 0.05) is 12.1 Å². The molecule has 0 saturated carbocycles. The highest BCUT2D eigenvalue weighted by Crippen LogP contribution is 2.35. The second-order valence-corrected chi connectivity index (χ2v) is 3.72. The fourth-order valence-corrected chi connectivity index (χ4v) is 1.51. The minimum Gasteiger partial charge on any atom is -0.493 e. The summed E-state index contributed by atoms with van der Waals surface area (Å²) in [5.41, 5.74) is 16.3.